The number of amides is 2. The molecule has 2 aromatic carbocycles. The number of thiocarbonyl (C=S) groups is 1. The van der Waals surface area contributed by atoms with Gasteiger partial charge in [-0.2, -0.15) is 0 Å². The third-order valence-corrected chi connectivity index (χ3v) is 5.10. The van der Waals surface area contributed by atoms with E-state index in [1.807, 2.05) is 30.3 Å². The molecule has 1 saturated heterocycles. The van der Waals surface area contributed by atoms with Crippen LogP contribution in [-0.2, 0) is 20.9 Å². The van der Waals surface area contributed by atoms with Crippen molar-refractivity contribution < 1.29 is 23.9 Å². The Labute approximate surface area is 185 Å². The van der Waals surface area contributed by atoms with Crippen LogP contribution in [-0.4, -0.2) is 54.0 Å². The van der Waals surface area contributed by atoms with Crippen molar-refractivity contribution in [3.05, 3.63) is 65.7 Å². The van der Waals surface area contributed by atoms with Gasteiger partial charge < -0.3 is 19.7 Å². The van der Waals surface area contributed by atoms with E-state index in [0.717, 1.165) is 5.56 Å². The van der Waals surface area contributed by atoms with Crippen LogP contribution in [0.5, 0.6) is 5.75 Å². The number of carbonyl (C=O) groups is 3. The van der Waals surface area contributed by atoms with Gasteiger partial charge in [0.1, 0.15) is 18.4 Å². The second-order valence-corrected chi connectivity index (χ2v) is 7.23. The zero-order valence-corrected chi connectivity index (χ0v) is 17.8. The number of carbonyl (C=O) groups excluding carboxylic acids is 3. The molecule has 0 spiro atoms. The van der Waals surface area contributed by atoms with Gasteiger partial charge in [-0.15, -0.1) is 0 Å². The largest absolute Gasteiger partial charge is 0.497 e. The quantitative estimate of drug-likeness (QED) is 0.520. The number of nitrogens with zero attached hydrogens (tertiary/aromatic N) is 1. The van der Waals surface area contributed by atoms with Gasteiger partial charge in [-0.1, -0.05) is 30.3 Å². The smallest absolute Gasteiger partial charge is 0.308 e. The molecule has 3 rings (SSSR count). The average molecular weight is 442 g/mol. The van der Waals surface area contributed by atoms with Gasteiger partial charge in [0.2, 0.25) is 5.91 Å². The number of hydrogen-bond donors (Lipinski definition) is 2. The van der Waals surface area contributed by atoms with E-state index in [2.05, 4.69) is 10.6 Å². The minimum absolute atomic E-state index is 0.0801. The Bertz CT molecular complexity index is 949. The molecular weight excluding hydrogens is 418 g/mol. The lowest BCUT2D eigenvalue weighted by molar-refractivity contribution is -0.148. The van der Waals surface area contributed by atoms with Crippen molar-refractivity contribution in [1.82, 2.24) is 15.5 Å². The van der Waals surface area contributed by atoms with Gasteiger partial charge in [0.05, 0.1) is 13.5 Å². The summed E-state index contributed by atoms with van der Waals surface area (Å²) in [6.45, 7) is 0.837. The van der Waals surface area contributed by atoms with E-state index in [9.17, 15) is 14.4 Å². The van der Waals surface area contributed by atoms with Gasteiger partial charge >= 0.3 is 5.97 Å². The summed E-state index contributed by atoms with van der Waals surface area (Å²) in [5.74, 6) is -0.658. The van der Waals surface area contributed by atoms with E-state index in [0.29, 0.717) is 24.4 Å². The molecule has 1 aliphatic rings. The Morgan fingerprint density at radius 3 is 2.55 bits per heavy atom. The first kappa shape index (κ1) is 22.2. The highest BCUT2D eigenvalue weighted by atomic mass is 32.1. The molecule has 1 fully saturated rings. The molecule has 1 aliphatic heterocycles. The van der Waals surface area contributed by atoms with E-state index in [4.69, 9.17) is 21.7 Å². The van der Waals surface area contributed by atoms with Gasteiger partial charge in [0.15, 0.2) is 5.11 Å². The number of hydrogen-bond acceptors (Lipinski definition) is 6. The molecule has 0 aromatic heterocycles. The highest BCUT2D eigenvalue weighted by Crippen LogP contribution is 2.14. The minimum Gasteiger partial charge on any atom is -0.497 e. The second kappa shape index (κ2) is 10.5. The summed E-state index contributed by atoms with van der Waals surface area (Å²) in [4.78, 5) is 38.8. The van der Waals surface area contributed by atoms with Crippen LogP contribution in [0.2, 0.25) is 0 Å². The summed E-state index contributed by atoms with van der Waals surface area (Å²) in [5, 5.41) is 5.43. The lowest BCUT2D eigenvalue weighted by atomic mass is 10.1. The normalized spacial score (nSPS) is 15.6. The summed E-state index contributed by atoms with van der Waals surface area (Å²) in [5.41, 5.74) is 1.24. The average Bonchev–Trinajstić information content (AvgIpc) is 2.79. The van der Waals surface area contributed by atoms with Crippen LogP contribution in [0.3, 0.4) is 0 Å². The number of methoxy groups -OCH3 is 1. The maximum Gasteiger partial charge on any atom is 0.308 e. The van der Waals surface area contributed by atoms with Crippen molar-refractivity contribution in [3.63, 3.8) is 0 Å². The second-order valence-electron chi connectivity index (χ2n) is 6.84. The number of benzene rings is 2. The number of ether oxygens (including phenoxy) is 2. The molecule has 8 nitrogen and oxygen atoms in total. The van der Waals surface area contributed by atoms with Crippen molar-refractivity contribution in [2.75, 3.05) is 20.2 Å². The summed E-state index contributed by atoms with van der Waals surface area (Å²) in [6.07, 6.45) is -0.183. The van der Waals surface area contributed by atoms with Crippen LogP contribution in [0, 0.1) is 0 Å². The molecule has 0 aliphatic carbocycles. The van der Waals surface area contributed by atoms with E-state index in [-0.39, 0.29) is 24.0 Å². The molecule has 31 heavy (non-hydrogen) atoms. The lowest BCUT2D eigenvalue weighted by Gasteiger charge is -2.36. The molecule has 2 aromatic rings. The van der Waals surface area contributed by atoms with Crippen molar-refractivity contribution in [3.8, 4) is 5.75 Å². The monoisotopic (exact) mass is 441 g/mol. The highest BCUT2D eigenvalue weighted by molar-refractivity contribution is 7.80. The summed E-state index contributed by atoms with van der Waals surface area (Å²) in [7, 11) is 1.54. The van der Waals surface area contributed by atoms with E-state index < -0.39 is 17.9 Å². The van der Waals surface area contributed by atoms with Crippen LogP contribution in [0.15, 0.2) is 54.6 Å². The number of nitrogens with one attached hydrogen (secondary N) is 2. The first-order chi connectivity index (χ1) is 15.0. The fourth-order valence-electron chi connectivity index (χ4n) is 3.10. The molecule has 0 saturated carbocycles. The van der Waals surface area contributed by atoms with Gasteiger partial charge in [0.25, 0.3) is 5.91 Å². The molecule has 1 heterocycles. The Hall–Kier alpha value is -3.46. The molecule has 0 radical (unpaired) electrons. The Kier molecular flexibility index (Phi) is 7.55. The Morgan fingerprint density at radius 1 is 1.16 bits per heavy atom. The molecule has 2 amide bonds. The van der Waals surface area contributed by atoms with Crippen LogP contribution in [0.25, 0.3) is 0 Å². The standard InChI is InChI=1S/C22H23N3O5S/c1-29-17-9-7-16(8-10-17)20(27)24-22(31)25-12-11-23-21(28)18(25)13-19(26)30-14-15-5-3-2-4-6-15/h2-10,18H,11-14H2,1H3,(H,23,28)(H,24,27,31). The van der Waals surface area contributed by atoms with E-state index in [1.165, 1.54) is 7.11 Å². The molecule has 162 valence electrons. The number of piperazine rings is 1. The van der Waals surface area contributed by atoms with Crippen LogP contribution in [0.1, 0.15) is 22.3 Å². The fraction of sp³-hybridized carbons (Fsp3) is 0.273. The Morgan fingerprint density at radius 2 is 1.87 bits per heavy atom. The molecule has 1 unspecified atom stereocenters. The highest BCUT2D eigenvalue weighted by Gasteiger charge is 2.34. The first-order valence-corrected chi connectivity index (χ1v) is 10.1. The maximum atomic E-state index is 12.5. The van der Waals surface area contributed by atoms with Crippen molar-refractivity contribution >= 4 is 35.1 Å². The first-order valence-electron chi connectivity index (χ1n) is 9.71. The van der Waals surface area contributed by atoms with Crippen molar-refractivity contribution in [1.29, 1.82) is 0 Å². The van der Waals surface area contributed by atoms with Crippen LogP contribution < -0.4 is 15.4 Å². The number of esters is 1. The van der Waals surface area contributed by atoms with Gasteiger partial charge in [-0.25, -0.2) is 0 Å². The molecular formula is C22H23N3O5S. The zero-order valence-electron chi connectivity index (χ0n) is 17.0. The van der Waals surface area contributed by atoms with Gasteiger partial charge in [-0.3, -0.25) is 19.7 Å². The number of rotatable bonds is 6. The predicted molar refractivity (Wildman–Crippen MR) is 117 cm³/mol. The van der Waals surface area contributed by atoms with Gasteiger partial charge in [0, 0.05) is 18.7 Å². The maximum absolute atomic E-state index is 12.5. The third kappa shape index (κ3) is 6.02. The summed E-state index contributed by atoms with van der Waals surface area (Å²) < 4.78 is 10.4. The van der Waals surface area contributed by atoms with Crippen molar-refractivity contribution in [2.24, 2.45) is 0 Å². The van der Waals surface area contributed by atoms with Crippen LogP contribution in [0.4, 0.5) is 0 Å². The van der Waals surface area contributed by atoms with Crippen LogP contribution >= 0.6 is 12.2 Å². The fourth-order valence-corrected chi connectivity index (χ4v) is 3.41. The summed E-state index contributed by atoms with van der Waals surface area (Å²) >= 11 is 5.36. The third-order valence-electron chi connectivity index (χ3n) is 4.77. The molecule has 1 atom stereocenters. The zero-order chi connectivity index (χ0) is 22.2. The Balaban J connectivity index is 1.60. The van der Waals surface area contributed by atoms with E-state index in [1.54, 1.807) is 29.2 Å². The SMILES string of the molecule is COc1ccc(C(=O)NC(=S)N2CCNC(=O)C2CC(=O)OCc2ccccc2)cc1. The minimum atomic E-state index is -0.860. The van der Waals surface area contributed by atoms with Crippen molar-refractivity contribution in [2.45, 2.75) is 19.1 Å². The van der Waals surface area contributed by atoms with E-state index >= 15 is 0 Å². The molecule has 9 heteroatoms. The molecule has 0 bridgehead atoms. The molecule has 2 N–H and O–H groups in total. The predicted octanol–water partition coefficient (Wildman–Crippen LogP) is 1.64. The van der Waals surface area contributed by atoms with Gasteiger partial charge in [-0.05, 0) is 42.0 Å². The topological polar surface area (TPSA) is 97.0 Å². The summed E-state index contributed by atoms with van der Waals surface area (Å²) in [6, 6.07) is 14.9. The lowest BCUT2D eigenvalue weighted by Crippen LogP contribution is -2.60.